The van der Waals surface area contributed by atoms with Gasteiger partial charge in [-0.05, 0) is 77.9 Å². The Morgan fingerprint density at radius 3 is 2.87 bits per heavy atom. The molecule has 0 radical (unpaired) electrons. The molecule has 2 aliphatic rings. The predicted molar refractivity (Wildman–Crippen MR) is 141 cm³/mol. The maximum Gasteiger partial charge on any atom is 0.252 e. The zero-order valence-corrected chi connectivity index (χ0v) is 21.7. The van der Waals surface area contributed by atoms with Gasteiger partial charge in [0.15, 0.2) is 17.3 Å². The molecule has 4 heterocycles. The lowest BCUT2D eigenvalue weighted by molar-refractivity contribution is 0.0888. The summed E-state index contributed by atoms with van der Waals surface area (Å²) in [7, 11) is 0. The molecule has 198 valence electrons. The minimum Gasteiger partial charge on any atom is -0.454 e. The number of ether oxygens (including phenoxy) is 3. The Hall–Kier alpha value is -3.76. The molecule has 0 spiro atoms. The van der Waals surface area contributed by atoms with Crippen molar-refractivity contribution in [1.82, 2.24) is 30.1 Å². The Bertz CT molecular complexity index is 1490. The third kappa shape index (κ3) is 5.01. The van der Waals surface area contributed by atoms with Crippen LogP contribution in [-0.2, 0) is 24.4 Å². The lowest BCUT2D eigenvalue weighted by Gasteiger charge is -2.30. The molecule has 2 aliphatic heterocycles. The van der Waals surface area contributed by atoms with Crippen molar-refractivity contribution in [3.05, 3.63) is 75.3 Å². The van der Waals surface area contributed by atoms with Crippen molar-refractivity contribution in [2.45, 2.75) is 64.9 Å². The second kappa shape index (κ2) is 10.5. The van der Waals surface area contributed by atoms with Crippen molar-refractivity contribution in [3.8, 4) is 11.5 Å². The maximum atomic E-state index is 13.2. The van der Waals surface area contributed by atoms with Crippen LogP contribution in [0.3, 0.4) is 0 Å². The standard InChI is InChI=1S/C28H32N6O4/c1-3-24(27-30-31-32-34(27)16-22-5-4-10-36-22)33(14-19-7-9-25-26(12-19)38-17-37-25)15-21-13-20-11-18(2)6-8-23(20)29-28(21)35/h6-9,11-13,22,24H,3-5,10,14-17H2,1-2H3,(H,29,35). The Kier molecular flexibility index (Phi) is 6.82. The Morgan fingerprint density at radius 1 is 1.13 bits per heavy atom. The Morgan fingerprint density at radius 2 is 2.03 bits per heavy atom. The zero-order valence-electron chi connectivity index (χ0n) is 21.7. The van der Waals surface area contributed by atoms with Gasteiger partial charge in [-0.25, -0.2) is 4.68 Å². The number of hydrogen-bond donors (Lipinski definition) is 1. The summed E-state index contributed by atoms with van der Waals surface area (Å²) in [5.41, 5.74) is 3.64. The summed E-state index contributed by atoms with van der Waals surface area (Å²) < 4.78 is 18.8. The minimum absolute atomic E-state index is 0.0918. The first-order valence-corrected chi connectivity index (χ1v) is 13.2. The van der Waals surface area contributed by atoms with Gasteiger partial charge in [-0.3, -0.25) is 9.69 Å². The van der Waals surface area contributed by atoms with E-state index in [1.54, 1.807) is 0 Å². The van der Waals surface area contributed by atoms with Gasteiger partial charge in [0.1, 0.15) is 0 Å². The van der Waals surface area contributed by atoms with Gasteiger partial charge in [0, 0.05) is 30.8 Å². The number of fused-ring (bicyclic) bond motifs is 2. The number of aromatic nitrogens is 5. The minimum atomic E-state index is -0.121. The van der Waals surface area contributed by atoms with Crippen molar-refractivity contribution in [2.75, 3.05) is 13.4 Å². The van der Waals surface area contributed by atoms with Gasteiger partial charge in [-0.15, -0.1) is 5.10 Å². The van der Waals surface area contributed by atoms with E-state index in [-0.39, 0.29) is 24.5 Å². The molecule has 6 rings (SSSR count). The van der Waals surface area contributed by atoms with Crippen LogP contribution in [-0.4, -0.2) is 49.6 Å². The van der Waals surface area contributed by atoms with Crippen LogP contribution >= 0.6 is 0 Å². The number of H-pyrrole nitrogens is 1. The van der Waals surface area contributed by atoms with Crippen LogP contribution in [0.25, 0.3) is 10.9 Å². The first-order valence-electron chi connectivity index (χ1n) is 13.2. The number of tetrazole rings is 1. The van der Waals surface area contributed by atoms with Crippen LogP contribution in [0.4, 0.5) is 0 Å². The third-order valence-electron chi connectivity index (χ3n) is 7.36. The monoisotopic (exact) mass is 516 g/mol. The molecule has 0 bridgehead atoms. The molecule has 1 N–H and O–H groups in total. The highest BCUT2D eigenvalue weighted by molar-refractivity contribution is 5.79. The first-order chi connectivity index (χ1) is 18.6. The van der Waals surface area contributed by atoms with Gasteiger partial charge in [0.05, 0.1) is 18.7 Å². The van der Waals surface area contributed by atoms with E-state index in [2.05, 4.69) is 45.3 Å². The summed E-state index contributed by atoms with van der Waals surface area (Å²) >= 11 is 0. The summed E-state index contributed by atoms with van der Waals surface area (Å²) in [6, 6.07) is 13.9. The average Bonchev–Trinajstić information content (AvgIpc) is 3.68. The molecule has 0 amide bonds. The van der Waals surface area contributed by atoms with Crippen LogP contribution in [0.15, 0.2) is 47.3 Å². The first kappa shape index (κ1) is 24.6. The van der Waals surface area contributed by atoms with Crippen LogP contribution in [0.5, 0.6) is 11.5 Å². The largest absolute Gasteiger partial charge is 0.454 e. The number of nitrogens with zero attached hydrogens (tertiary/aromatic N) is 5. The van der Waals surface area contributed by atoms with Gasteiger partial charge in [-0.1, -0.05) is 24.6 Å². The molecule has 2 atom stereocenters. The second-order valence-electron chi connectivity index (χ2n) is 10.1. The predicted octanol–water partition coefficient (Wildman–Crippen LogP) is 3.88. The van der Waals surface area contributed by atoms with E-state index in [1.165, 1.54) is 0 Å². The molecule has 1 fully saturated rings. The van der Waals surface area contributed by atoms with E-state index < -0.39 is 0 Å². The van der Waals surface area contributed by atoms with E-state index in [9.17, 15) is 4.79 Å². The summed E-state index contributed by atoms with van der Waals surface area (Å²) in [6.07, 6.45) is 2.94. The topological polar surface area (TPSA) is 107 Å². The number of benzene rings is 2. The number of nitrogens with one attached hydrogen (secondary N) is 1. The average molecular weight is 517 g/mol. The summed E-state index contributed by atoms with van der Waals surface area (Å²) in [5.74, 6) is 2.25. The van der Waals surface area contributed by atoms with Crippen LogP contribution in [0.2, 0.25) is 0 Å². The van der Waals surface area contributed by atoms with Crippen molar-refractivity contribution in [2.24, 2.45) is 0 Å². The van der Waals surface area contributed by atoms with Crippen LogP contribution in [0, 0.1) is 6.92 Å². The van der Waals surface area contributed by atoms with Gasteiger partial charge in [0.2, 0.25) is 6.79 Å². The third-order valence-corrected chi connectivity index (χ3v) is 7.36. The highest BCUT2D eigenvalue weighted by Gasteiger charge is 2.28. The van der Waals surface area contributed by atoms with Gasteiger partial charge < -0.3 is 19.2 Å². The number of pyridine rings is 1. The van der Waals surface area contributed by atoms with Crippen molar-refractivity contribution >= 4 is 10.9 Å². The molecular formula is C28H32N6O4. The quantitative estimate of drug-likeness (QED) is 0.357. The van der Waals surface area contributed by atoms with E-state index in [0.29, 0.717) is 25.2 Å². The molecular weight excluding hydrogens is 484 g/mol. The van der Waals surface area contributed by atoms with Crippen LogP contribution in [0.1, 0.15) is 54.7 Å². The normalized spacial score (nSPS) is 17.5. The Labute approximate surface area is 220 Å². The number of aryl methyl sites for hydroxylation is 1. The van der Waals surface area contributed by atoms with Gasteiger partial charge in [0.25, 0.3) is 5.56 Å². The smallest absolute Gasteiger partial charge is 0.252 e. The van der Waals surface area contributed by atoms with E-state index in [4.69, 9.17) is 14.2 Å². The van der Waals surface area contributed by atoms with E-state index in [0.717, 1.165) is 65.2 Å². The summed E-state index contributed by atoms with van der Waals surface area (Å²) in [6.45, 7) is 6.80. The molecule has 2 aromatic carbocycles. The molecule has 0 saturated carbocycles. The van der Waals surface area contributed by atoms with E-state index in [1.807, 2.05) is 41.1 Å². The fraction of sp³-hybridized carbons (Fsp3) is 0.429. The Balaban J connectivity index is 1.36. The van der Waals surface area contributed by atoms with Gasteiger partial charge in [-0.2, -0.15) is 0 Å². The highest BCUT2D eigenvalue weighted by Crippen LogP contribution is 2.34. The maximum absolute atomic E-state index is 13.2. The van der Waals surface area contributed by atoms with Crippen molar-refractivity contribution in [3.63, 3.8) is 0 Å². The lowest BCUT2D eigenvalue weighted by atomic mass is 10.1. The van der Waals surface area contributed by atoms with Crippen LogP contribution < -0.4 is 15.0 Å². The number of aromatic amines is 1. The van der Waals surface area contributed by atoms with E-state index >= 15 is 0 Å². The van der Waals surface area contributed by atoms with Crippen molar-refractivity contribution in [1.29, 1.82) is 0 Å². The SMILES string of the molecule is CCC(c1nnnn1CC1CCCO1)N(Cc1ccc2c(c1)OCO2)Cc1cc2cc(C)ccc2[nH]c1=O. The molecule has 2 unspecified atom stereocenters. The second-order valence-corrected chi connectivity index (χ2v) is 10.1. The lowest BCUT2D eigenvalue weighted by Crippen LogP contribution is -2.33. The van der Waals surface area contributed by atoms with Crippen molar-refractivity contribution < 1.29 is 14.2 Å². The van der Waals surface area contributed by atoms with Gasteiger partial charge >= 0.3 is 0 Å². The summed E-state index contributed by atoms with van der Waals surface area (Å²) in [5, 5.41) is 13.8. The molecule has 1 saturated heterocycles. The molecule has 10 nitrogen and oxygen atoms in total. The molecule has 4 aromatic rings. The number of hydrogen-bond acceptors (Lipinski definition) is 8. The zero-order chi connectivity index (χ0) is 26.1. The fourth-order valence-corrected chi connectivity index (χ4v) is 5.42. The molecule has 10 heteroatoms. The highest BCUT2D eigenvalue weighted by atomic mass is 16.7. The molecule has 2 aromatic heterocycles. The fourth-order valence-electron chi connectivity index (χ4n) is 5.42. The number of rotatable bonds is 9. The summed E-state index contributed by atoms with van der Waals surface area (Å²) in [4.78, 5) is 18.5. The molecule has 38 heavy (non-hydrogen) atoms. The molecule has 0 aliphatic carbocycles.